The number of nitrogens with one attached hydrogen (secondary N) is 1. The van der Waals surface area contributed by atoms with Crippen LogP contribution in [0.3, 0.4) is 0 Å². The Balaban J connectivity index is 1.80. The molecule has 2 aromatic heterocycles. The highest BCUT2D eigenvalue weighted by Gasteiger charge is 2.39. The molecule has 1 unspecified atom stereocenters. The minimum Gasteiger partial charge on any atom is -0.322 e. The normalized spacial score (nSPS) is 17.0. The molecule has 3 aromatic rings. The predicted molar refractivity (Wildman–Crippen MR) is 113 cm³/mol. The number of fused-ring (bicyclic) bond motifs is 1. The highest BCUT2D eigenvalue weighted by atomic mass is 35.5. The second-order valence-electron chi connectivity index (χ2n) is 5.85. The summed E-state index contributed by atoms with van der Waals surface area (Å²) in [7, 11) is -4.04. The maximum atomic E-state index is 13.5. The summed E-state index contributed by atoms with van der Waals surface area (Å²) in [5.41, 5.74) is 0.720. The summed E-state index contributed by atoms with van der Waals surface area (Å²) in [4.78, 5) is 21.2. The van der Waals surface area contributed by atoms with Crippen LogP contribution in [0.25, 0.3) is 0 Å². The molecule has 1 amide bonds. The van der Waals surface area contributed by atoms with Gasteiger partial charge in [0.15, 0.2) is 0 Å². The maximum Gasteiger partial charge on any atom is 0.266 e. The van der Waals surface area contributed by atoms with E-state index in [1.807, 2.05) is 0 Å². The molecule has 0 saturated heterocycles. The van der Waals surface area contributed by atoms with Crippen molar-refractivity contribution in [2.45, 2.75) is 17.9 Å². The zero-order chi connectivity index (χ0) is 19.9. The zero-order valence-corrected chi connectivity index (χ0v) is 17.6. The third-order valence-electron chi connectivity index (χ3n) is 4.09. The third-order valence-corrected chi connectivity index (χ3v) is 7.93. The highest BCUT2D eigenvalue weighted by molar-refractivity contribution is 7.93. The van der Waals surface area contributed by atoms with Crippen LogP contribution in [0.5, 0.6) is 0 Å². The monoisotopic (exact) mass is 452 g/mol. The zero-order valence-electron chi connectivity index (χ0n) is 14.4. The molecule has 1 aromatic carbocycles. The number of halogens is 1. The van der Waals surface area contributed by atoms with Crippen molar-refractivity contribution in [2.75, 3.05) is 9.62 Å². The number of anilines is 2. The molecule has 1 aliphatic rings. The van der Waals surface area contributed by atoms with E-state index >= 15 is 0 Å². The van der Waals surface area contributed by atoms with Crippen LogP contribution >= 0.6 is 34.3 Å². The molecule has 7 nitrogen and oxygen atoms in total. The first-order chi connectivity index (χ1) is 13.4. The van der Waals surface area contributed by atoms with Crippen LogP contribution in [-0.2, 0) is 14.8 Å². The van der Waals surface area contributed by atoms with Crippen LogP contribution in [0.15, 0.2) is 51.1 Å². The fraction of sp³-hybridized carbons (Fsp3) is 0.118. The number of amides is 1. The smallest absolute Gasteiger partial charge is 0.266 e. The quantitative estimate of drug-likeness (QED) is 0.602. The maximum absolute atomic E-state index is 13.5. The van der Waals surface area contributed by atoms with Gasteiger partial charge in [0, 0.05) is 22.8 Å². The SMILES string of the molecule is CC1C(=O)Nc2ccc(Cl)cc2N1S(=O)(=O)c1ccsc1/C=N\c1nccs1. The van der Waals surface area contributed by atoms with Crippen LogP contribution in [0.1, 0.15) is 11.8 Å². The standard InChI is InChI=1S/C17H13ClN4O3S3/c1-10-16(23)21-12-3-2-11(18)8-13(12)22(10)28(24,25)15-4-6-26-14(15)9-20-17-19-5-7-27-17/h2-10H,1H3,(H,21,23)/b20-9-. The number of rotatable bonds is 4. The van der Waals surface area contributed by atoms with Crippen molar-refractivity contribution >= 4 is 72.9 Å². The highest BCUT2D eigenvalue weighted by Crippen LogP contribution is 2.39. The van der Waals surface area contributed by atoms with Crippen LogP contribution in [-0.4, -0.2) is 31.6 Å². The van der Waals surface area contributed by atoms with E-state index in [9.17, 15) is 13.2 Å². The van der Waals surface area contributed by atoms with Gasteiger partial charge in [0.2, 0.25) is 11.0 Å². The van der Waals surface area contributed by atoms with Gasteiger partial charge in [-0.15, -0.1) is 22.7 Å². The first-order valence-corrected chi connectivity index (χ1v) is 11.6. The number of hydrogen-bond donors (Lipinski definition) is 1. The van der Waals surface area contributed by atoms with Gasteiger partial charge in [-0.3, -0.25) is 9.10 Å². The van der Waals surface area contributed by atoms with E-state index < -0.39 is 22.0 Å². The van der Waals surface area contributed by atoms with Gasteiger partial charge >= 0.3 is 0 Å². The number of aromatic nitrogens is 1. The van der Waals surface area contributed by atoms with E-state index in [-0.39, 0.29) is 4.90 Å². The van der Waals surface area contributed by atoms with E-state index in [2.05, 4.69) is 15.3 Å². The second kappa shape index (κ2) is 7.28. The van der Waals surface area contributed by atoms with Crippen LogP contribution < -0.4 is 9.62 Å². The molecule has 1 N–H and O–H groups in total. The van der Waals surface area contributed by atoms with E-state index in [0.717, 1.165) is 4.31 Å². The van der Waals surface area contributed by atoms with E-state index in [4.69, 9.17) is 11.6 Å². The Morgan fingerprint density at radius 1 is 1.29 bits per heavy atom. The Labute approximate surface area is 174 Å². The van der Waals surface area contributed by atoms with Crippen molar-refractivity contribution in [3.8, 4) is 0 Å². The Kier molecular flexibility index (Phi) is 4.96. The summed E-state index contributed by atoms with van der Waals surface area (Å²) in [6.07, 6.45) is 3.10. The van der Waals surface area contributed by atoms with Crippen molar-refractivity contribution in [1.82, 2.24) is 4.98 Å². The van der Waals surface area contributed by atoms with Gasteiger partial charge in [-0.2, -0.15) is 0 Å². The summed E-state index contributed by atoms with van der Waals surface area (Å²) >= 11 is 8.67. The summed E-state index contributed by atoms with van der Waals surface area (Å²) in [5, 5.41) is 7.06. The van der Waals surface area contributed by atoms with Gasteiger partial charge in [0.1, 0.15) is 10.9 Å². The minimum atomic E-state index is -4.04. The predicted octanol–water partition coefficient (Wildman–Crippen LogP) is 4.14. The van der Waals surface area contributed by atoms with Gasteiger partial charge < -0.3 is 5.32 Å². The number of hydrogen-bond acceptors (Lipinski definition) is 7. The molecule has 0 spiro atoms. The first kappa shape index (κ1) is 19.1. The van der Waals surface area contributed by atoms with Gasteiger partial charge in [-0.1, -0.05) is 11.6 Å². The largest absolute Gasteiger partial charge is 0.322 e. The van der Waals surface area contributed by atoms with Crippen molar-refractivity contribution in [2.24, 2.45) is 4.99 Å². The molecule has 28 heavy (non-hydrogen) atoms. The molecule has 0 fully saturated rings. The molecule has 144 valence electrons. The average molecular weight is 453 g/mol. The number of carbonyl (C=O) groups excluding carboxylic acids is 1. The minimum absolute atomic E-state index is 0.0743. The van der Waals surface area contributed by atoms with Crippen LogP contribution in [0, 0.1) is 0 Å². The van der Waals surface area contributed by atoms with Crippen LogP contribution in [0.2, 0.25) is 5.02 Å². The number of thiazole rings is 1. The van der Waals surface area contributed by atoms with Gasteiger partial charge in [0.05, 0.1) is 16.3 Å². The lowest BCUT2D eigenvalue weighted by molar-refractivity contribution is -0.117. The van der Waals surface area contributed by atoms with Crippen molar-refractivity contribution < 1.29 is 13.2 Å². The van der Waals surface area contributed by atoms with E-state index in [1.165, 1.54) is 47.9 Å². The Morgan fingerprint density at radius 3 is 2.86 bits per heavy atom. The summed E-state index contributed by atoms with van der Waals surface area (Å²) in [5.74, 6) is -0.411. The Morgan fingerprint density at radius 2 is 2.11 bits per heavy atom. The van der Waals surface area contributed by atoms with E-state index in [0.29, 0.717) is 26.4 Å². The molecule has 1 atom stereocenters. The lowest BCUT2D eigenvalue weighted by Crippen LogP contribution is -2.49. The molecule has 0 saturated carbocycles. The van der Waals surface area contributed by atoms with Gasteiger partial charge in [-0.05, 0) is 36.6 Å². The van der Waals surface area contributed by atoms with Gasteiger partial charge in [-0.25, -0.2) is 18.4 Å². The molecule has 0 radical (unpaired) electrons. The summed E-state index contributed by atoms with van der Waals surface area (Å²) < 4.78 is 28.1. The van der Waals surface area contributed by atoms with Crippen molar-refractivity contribution in [3.05, 3.63) is 51.1 Å². The molecule has 11 heteroatoms. The molecule has 3 heterocycles. The molecule has 1 aliphatic heterocycles. The molecule has 4 rings (SSSR count). The van der Waals surface area contributed by atoms with Crippen molar-refractivity contribution in [1.29, 1.82) is 0 Å². The number of thiophene rings is 1. The average Bonchev–Trinajstić information content (AvgIpc) is 3.33. The number of nitrogens with zero attached hydrogens (tertiary/aromatic N) is 3. The molecule has 0 bridgehead atoms. The van der Waals surface area contributed by atoms with Crippen LogP contribution in [0.4, 0.5) is 16.5 Å². The van der Waals surface area contributed by atoms with Crippen molar-refractivity contribution in [3.63, 3.8) is 0 Å². The molecular formula is C17H13ClN4O3S3. The lowest BCUT2D eigenvalue weighted by Gasteiger charge is -2.35. The molecular weight excluding hydrogens is 440 g/mol. The lowest BCUT2D eigenvalue weighted by atomic mass is 10.1. The second-order valence-corrected chi connectivity index (χ2v) is 9.89. The third kappa shape index (κ3) is 3.32. The topological polar surface area (TPSA) is 91.7 Å². The van der Waals surface area contributed by atoms with Gasteiger partial charge in [0.25, 0.3) is 10.0 Å². The molecule has 0 aliphatic carbocycles. The first-order valence-electron chi connectivity index (χ1n) is 8.04. The number of sulfonamides is 1. The summed E-state index contributed by atoms with van der Waals surface area (Å²) in [6, 6.07) is 5.28. The Hall–Kier alpha value is -2.27. The Bertz CT molecular complexity index is 1170. The van der Waals surface area contributed by atoms with E-state index in [1.54, 1.807) is 29.1 Å². The summed E-state index contributed by atoms with van der Waals surface area (Å²) in [6.45, 7) is 1.53. The number of aliphatic imine (C=N–C) groups is 1. The fourth-order valence-electron chi connectivity index (χ4n) is 2.80. The fourth-order valence-corrected chi connectivity index (χ4v) is 6.32. The number of benzene rings is 1. The number of carbonyl (C=O) groups is 1.